The summed E-state index contributed by atoms with van der Waals surface area (Å²) in [4.78, 5) is -0.780. The highest BCUT2D eigenvalue weighted by Crippen LogP contribution is 2.20. The van der Waals surface area contributed by atoms with E-state index in [1.807, 2.05) is 13.2 Å². The molecule has 1 rings (SSSR count). The number of nitrogens with one attached hydrogen (secondary N) is 1. The quantitative estimate of drug-likeness (QED) is 0.801. The van der Waals surface area contributed by atoms with Crippen LogP contribution in [0.3, 0.4) is 0 Å². The zero-order valence-electron chi connectivity index (χ0n) is 11.2. The first-order valence-electron chi connectivity index (χ1n) is 5.89. The van der Waals surface area contributed by atoms with Crippen molar-refractivity contribution in [1.29, 1.82) is 0 Å². The molecule has 0 aromatic heterocycles. The first kappa shape index (κ1) is 17.4. The number of aliphatic hydroxyl groups is 1. The number of hydrogen-bond acceptors (Lipinski definition) is 4. The monoisotopic (exact) mass is 325 g/mol. The molecular formula is C12H17F2NO3S2. The number of halogens is 2. The van der Waals surface area contributed by atoms with Crippen LogP contribution in [0.5, 0.6) is 0 Å². The fourth-order valence-corrected chi connectivity index (χ4v) is 3.56. The lowest BCUT2D eigenvalue weighted by Crippen LogP contribution is -2.30. The van der Waals surface area contributed by atoms with Crippen LogP contribution in [-0.4, -0.2) is 32.1 Å². The Morgan fingerprint density at radius 1 is 1.40 bits per heavy atom. The van der Waals surface area contributed by atoms with Gasteiger partial charge in [0.1, 0.15) is 4.90 Å². The second-order valence-electron chi connectivity index (χ2n) is 4.46. The minimum Gasteiger partial charge on any atom is -0.392 e. The predicted octanol–water partition coefficient (Wildman–Crippen LogP) is 1.73. The van der Waals surface area contributed by atoms with Crippen molar-refractivity contribution in [3.8, 4) is 0 Å². The molecule has 0 aliphatic carbocycles. The third-order valence-corrected chi connectivity index (χ3v) is 4.92. The van der Waals surface area contributed by atoms with Crippen molar-refractivity contribution in [2.24, 2.45) is 5.92 Å². The van der Waals surface area contributed by atoms with Crippen LogP contribution < -0.4 is 4.72 Å². The van der Waals surface area contributed by atoms with E-state index in [4.69, 9.17) is 5.11 Å². The molecule has 0 aliphatic heterocycles. The Hall–Kier alpha value is -0.700. The molecule has 0 bridgehead atoms. The molecule has 2 N–H and O–H groups in total. The third-order valence-electron chi connectivity index (χ3n) is 2.60. The summed E-state index contributed by atoms with van der Waals surface area (Å²) in [6.45, 7) is 1.41. The van der Waals surface area contributed by atoms with E-state index in [0.717, 1.165) is 17.9 Å². The lowest BCUT2D eigenvalue weighted by atomic mass is 10.2. The van der Waals surface area contributed by atoms with E-state index in [0.29, 0.717) is 0 Å². The van der Waals surface area contributed by atoms with Gasteiger partial charge < -0.3 is 5.11 Å². The Morgan fingerprint density at radius 3 is 2.60 bits per heavy atom. The van der Waals surface area contributed by atoms with Gasteiger partial charge in [0.2, 0.25) is 10.0 Å². The van der Waals surface area contributed by atoms with Crippen molar-refractivity contribution < 1.29 is 22.3 Å². The Labute approximate surface area is 121 Å². The van der Waals surface area contributed by atoms with Gasteiger partial charge in [-0.25, -0.2) is 21.9 Å². The second kappa shape index (κ2) is 7.35. The van der Waals surface area contributed by atoms with Crippen molar-refractivity contribution in [2.75, 3.05) is 18.6 Å². The summed E-state index contributed by atoms with van der Waals surface area (Å²) >= 11 is 1.57. The van der Waals surface area contributed by atoms with Crippen LogP contribution in [0, 0.1) is 17.6 Å². The zero-order valence-corrected chi connectivity index (χ0v) is 12.8. The van der Waals surface area contributed by atoms with Crippen LogP contribution in [0.1, 0.15) is 12.5 Å². The van der Waals surface area contributed by atoms with Crippen molar-refractivity contribution in [1.82, 2.24) is 4.72 Å². The molecule has 0 fully saturated rings. The molecule has 20 heavy (non-hydrogen) atoms. The molecular weight excluding hydrogens is 308 g/mol. The van der Waals surface area contributed by atoms with Crippen LogP contribution >= 0.6 is 11.8 Å². The van der Waals surface area contributed by atoms with Crippen LogP contribution in [0.2, 0.25) is 0 Å². The van der Waals surface area contributed by atoms with Crippen molar-refractivity contribution in [3.05, 3.63) is 29.3 Å². The Morgan fingerprint density at radius 2 is 2.05 bits per heavy atom. The maximum Gasteiger partial charge on any atom is 0.243 e. The fraction of sp³-hybridized carbons (Fsp3) is 0.500. The summed E-state index contributed by atoms with van der Waals surface area (Å²) < 4.78 is 53.1. The molecule has 0 amide bonds. The summed E-state index contributed by atoms with van der Waals surface area (Å²) in [5, 5.41) is 8.92. The number of aliphatic hydroxyl groups excluding tert-OH is 1. The molecule has 1 unspecified atom stereocenters. The fourth-order valence-electron chi connectivity index (χ4n) is 1.58. The number of sulfonamides is 1. The van der Waals surface area contributed by atoms with Gasteiger partial charge >= 0.3 is 0 Å². The van der Waals surface area contributed by atoms with Crippen LogP contribution in [0.15, 0.2) is 17.0 Å². The van der Waals surface area contributed by atoms with Crippen LogP contribution in [0.4, 0.5) is 8.78 Å². The molecule has 0 saturated carbocycles. The van der Waals surface area contributed by atoms with E-state index in [1.165, 1.54) is 0 Å². The number of benzene rings is 1. The van der Waals surface area contributed by atoms with Gasteiger partial charge in [-0.1, -0.05) is 6.92 Å². The van der Waals surface area contributed by atoms with Crippen molar-refractivity contribution in [2.45, 2.75) is 18.4 Å². The Bertz CT molecular complexity index is 564. The maximum atomic E-state index is 13.6. The SMILES string of the molecule is CSCC(C)CNS(=O)(=O)c1cc(CO)cc(F)c1F. The highest BCUT2D eigenvalue weighted by molar-refractivity contribution is 7.98. The zero-order chi connectivity index (χ0) is 15.3. The summed E-state index contributed by atoms with van der Waals surface area (Å²) in [5.74, 6) is -1.93. The average molecular weight is 325 g/mol. The molecule has 1 aromatic carbocycles. The highest BCUT2D eigenvalue weighted by atomic mass is 32.2. The average Bonchev–Trinajstić information content (AvgIpc) is 2.39. The third kappa shape index (κ3) is 4.41. The lowest BCUT2D eigenvalue weighted by molar-refractivity contribution is 0.280. The maximum absolute atomic E-state index is 13.6. The van der Waals surface area contributed by atoms with Crippen LogP contribution in [0.25, 0.3) is 0 Å². The van der Waals surface area contributed by atoms with Gasteiger partial charge in [0.15, 0.2) is 11.6 Å². The molecule has 0 heterocycles. The Balaban J connectivity index is 3.00. The molecule has 4 nitrogen and oxygen atoms in total. The smallest absolute Gasteiger partial charge is 0.243 e. The van der Waals surface area contributed by atoms with Gasteiger partial charge in [-0.15, -0.1) is 0 Å². The van der Waals surface area contributed by atoms with E-state index in [2.05, 4.69) is 4.72 Å². The van der Waals surface area contributed by atoms with Gasteiger partial charge in [0.25, 0.3) is 0 Å². The molecule has 0 saturated heterocycles. The number of hydrogen-bond donors (Lipinski definition) is 2. The second-order valence-corrected chi connectivity index (χ2v) is 7.11. The minimum atomic E-state index is -4.14. The first-order valence-corrected chi connectivity index (χ1v) is 8.77. The van der Waals surface area contributed by atoms with E-state index in [1.54, 1.807) is 11.8 Å². The van der Waals surface area contributed by atoms with Gasteiger partial charge in [0, 0.05) is 6.54 Å². The van der Waals surface area contributed by atoms with E-state index < -0.39 is 33.2 Å². The summed E-state index contributed by atoms with van der Waals surface area (Å²) in [5.41, 5.74) is 0.00133. The topological polar surface area (TPSA) is 66.4 Å². The minimum absolute atomic E-state index is 0.00133. The standard InChI is InChI=1S/C12H17F2NO3S2/c1-8(7-19-2)5-15-20(17,18)11-4-9(6-16)3-10(13)12(11)14/h3-4,8,15-16H,5-7H2,1-2H3. The van der Waals surface area contributed by atoms with E-state index in [9.17, 15) is 17.2 Å². The summed E-state index contributed by atoms with van der Waals surface area (Å²) in [6, 6.07) is 1.70. The molecule has 8 heteroatoms. The number of rotatable bonds is 7. The molecule has 0 spiro atoms. The normalized spacial score (nSPS) is 13.4. The largest absolute Gasteiger partial charge is 0.392 e. The lowest BCUT2D eigenvalue weighted by Gasteiger charge is -2.13. The van der Waals surface area contributed by atoms with Gasteiger partial charge in [0.05, 0.1) is 6.61 Å². The van der Waals surface area contributed by atoms with Gasteiger partial charge in [-0.05, 0) is 35.6 Å². The van der Waals surface area contributed by atoms with E-state index >= 15 is 0 Å². The first-order chi connectivity index (χ1) is 9.31. The Kier molecular flexibility index (Phi) is 6.38. The molecule has 0 aliphatic rings. The highest BCUT2D eigenvalue weighted by Gasteiger charge is 2.23. The van der Waals surface area contributed by atoms with E-state index in [-0.39, 0.29) is 18.0 Å². The predicted molar refractivity (Wildman–Crippen MR) is 75.0 cm³/mol. The van der Waals surface area contributed by atoms with Crippen LogP contribution in [-0.2, 0) is 16.6 Å². The van der Waals surface area contributed by atoms with Gasteiger partial charge in [-0.3, -0.25) is 0 Å². The molecule has 114 valence electrons. The van der Waals surface area contributed by atoms with Crippen molar-refractivity contribution >= 4 is 21.8 Å². The molecule has 1 atom stereocenters. The summed E-state index contributed by atoms with van der Waals surface area (Å²) in [6.07, 6.45) is 1.89. The summed E-state index contributed by atoms with van der Waals surface area (Å²) in [7, 11) is -4.14. The molecule has 1 aromatic rings. The van der Waals surface area contributed by atoms with Crippen molar-refractivity contribution in [3.63, 3.8) is 0 Å². The van der Waals surface area contributed by atoms with Gasteiger partial charge in [-0.2, -0.15) is 11.8 Å². The molecule has 0 radical (unpaired) electrons. The number of thioether (sulfide) groups is 1.